The highest BCUT2D eigenvalue weighted by molar-refractivity contribution is 7.13. The molecule has 1 aliphatic carbocycles. The van der Waals surface area contributed by atoms with E-state index in [0.29, 0.717) is 18.6 Å². The largest absolute Gasteiger partial charge is 0.494 e. The van der Waals surface area contributed by atoms with Gasteiger partial charge in [0.1, 0.15) is 24.2 Å². The zero-order valence-corrected chi connectivity index (χ0v) is 40.2. The quantitative estimate of drug-likeness (QED) is 0.0517. The number of benzene rings is 3. The second kappa shape index (κ2) is 22.8. The Kier molecular flexibility index (Phi) is 16.8. The van der Waals surface area contributed by atoms with Gasteiger partial charge in [-0.15, -0.1) is 11.3 Å². The fraction of sp³-hybridized carbons (Fsp3) is 0.491. The average Bonchev–Trinajstić information content (AvgIpc) is 4.10. The lowest BCUT2D eigenvalue weighted by Crippen LogP contribution is -2.57. The number of carboxylic acids is 1. The molecule has 3 amide bonds. The van der Waals surface area contributed by atoms with Gasteiger partial charge in [0.25, 0.3) is 0 Å². The molecular formula is C53H66N6O7S. The number of carbonyl (C=O) groups is 4. The lowest BCUT2D eigenvalue weighted by atomic mass is 9.85. The summed E-state index contributed by atoms with van der Waals surface area (Å²) in [6.07, 6.45) is 13.4. The molecule has 3 aromatic carbocycles. The van der Waals surface area contributed by atoms with Crippen LogP contribution in [0, 0.1) is 12.3 Å². The number of carbonyl (C=O) groups excluding carboxylic acids is 3. The molecule has 1 saturated heterocycles. The van der Waals surface area contributed by atoms with E-state index in [-0.39, 0.29) is 43.1 Å². The molecule has 356 valence electrons. The van der Waals surface area contributed by atoms with Crippen LogP contribution in [0.3, 0.4) is 0 Å². The van der Waals surface area contributed by atoms with E-state index in [2.05, 4.69) is 25.6 Å². The topological polar surface area (TPSA) is 184 Å². The first-order valence-corrected chi connectivity index (χ1v) is 24.9. The molecule has 2 aliphatic rings. The van der Waals surface area contributed by atoms with Crippen LogP contribution in [0.25, 0.3) is 32.6 Å². The van der Waals surface area contributed by atoms with Crippen LogP contribution in [0.4, 0.5) is 0 Å². The lowest BCUT2D eigenvalue weighted by Gasteiger charge is -2.35. The fourth-order valence-corrected chi connectivity index (χ4v) is 10.3. The van der Waals surface area contributed by atoms with Gasteiger partial charge in [-0.25, -0.2) is 19.7 Å². The van der Waals surface area contributed by atoms with Gasteiger partial charge in [0, 0.05) is 42.9 Å². The Morgan fingerprint density at radius 2 is 1.57 bits per heavy atom. The predicted molar refractivity (Wildman–Crippen MR) is 262 cm³/mol. The average molecular weight is 931 g/mol. The molecule has 5 aromatic rings. The number of ether oxygens (including phenoxy) is 1. The number of hydrogen-bond acceptors (Lipinski definition) is 10. The maximum Gasteiger partial charge on any atom is 0.335 e. The first-order chi connectivity index (χ1) is 32.3. The van der Waals surface area contributed by atoms with Crippen LogP contribution in [-0.4, -0.2) is 85.1 Å². The van der Waals surface area contributed by atoms with Gasteiger partial charge in [0.15, 0.2) is 0 Å². The molecule has 13 nitrogen and oxygen atoms in total. The van der Waals surface area contributed by atoms with Crippen molar-refractivity contribution in [3.8, 4) is 27.4 Å². The van der Waals surface area contributed by atoms with Crippen molar-refractivity contribution in [2.24, 2.45) is 5.41 Å². The number of aryl methyl sites for hydroxylation is 1. The number of fused-ring (bicyclic) bond motifs is 1. The van der Waals surface area contributed by atoms with Crippen LogP contribution in [0.15, 0.2) is 72.5 Å². The standard InChI is InChI=1S/C53H66N6O7S/c1-34-48(67-33-57-34)37-20-18-35(19-21-37)30-54-50(62)45-28-39(60)31-59(45)51(63)49(53(2,3)4)58-46(61)17-11-9-7-5-6-8-10-14-26-66-40-23-25-42-44(29-40)55-32-56-47(42)38-22-24-41(52(64)65)43(27-38)36-15-12-13-16-36/h18-25,27,29,32-33,36,39,45,49,60H,5-17,26,28,30-31H2,1-4H3,(H,54,62)(H,58,61)(H,64,65). The maximum atomic E-state index is 14.0. The summed E-state index contributed by atoms with van der Waals surface area (Å²) < 4.78 is 6.11. The SMILES string of the molecule is Cc1ncsc1-c1ccc(CNC(=O)C2CC(O)CN2C(=O)C(NC(=O)CCCCCCCCCCOc2ccc3c(-c4ccc(C(=O)O)c(C5CCCC5)c4)ncnc3c2)C(C)(C)C)cc1. The van der Waals surface area contributed by atoms with Crippen molar-refractivity contribution in [3.63, 3.8) is 0 Å². The molecule has 1 aliphatic heterocycles. The highest BCUT2D eigenvalue weighted by Gasteiger charge is 2.44. The van der Waals surface area contributed by atoms with Gasteiger partial charge in [0.2, 0.25) is 17.7 Å². The minimum Gasteiger partial charge on any atom is -0.494 e. The summed E-state index contributed by atoms with van der Waals surface area (Å²) in [5.74, 6) is -0.750. The van der Waals surface area contributed by atoms with Crippen molar-refractivity contribution in [2.75, 3.05) is 13.2 Å². The zero-order chi connectivity index (χ0) is 47.5. The molecular weight excluding hydrogens is 865 g/mol. The van der Waals surface area contributed by atoms with Crippen LogP contribution >= 0.6 is 11.3 Å². The summed E-state index contributed by atoms with van der Waals surface area (Å²) in [5, 5.41) is 27.3. The van der Waals surface area contributed by atoms with Gasteiger partial charge in [0.05, 0.1) is 45.6 Å². The second-order valence-electron chi connectivity index (χ2n) is 19.4. The summed E-state index contributed by atoms with van der Waals surface area (Å²) in [6.45, 7) is 8.60. The van der Waals surface area contributed by atoms with E-state index >= 15 is 0 Å². The molecule has 14 heteroatoms. The number of aromatic carboxylic acids is 1. The van der Waals surface area contributed by atoms with E-state index in [9.17, 15) is 29.4 Å². The smallest absolute Gasteiger partial charge is 0.335 e. The Morgan fingerprint density at radius 3 is 2.25 bits per heavy atom. The van der Waals surface area contributed by atoms with Gasteiger partial charge < -0.3 is 30.5 Å². The first-order valence-electron chi connectivity index (χ1n) is 24.1. The number of carboxylic acid groups (broad SMARTS) is 1. The molecule has 0 radical (unpaired) electrons. The minimum atomic E-state index is -0.890. The van der Waals surface area contributed by atoms with Gasteiger partial charge >= 0.3 is 5.97 Å². The number of aliphatic hydroxyl groups is 1. The predicted octanol–water partition coefficient (Wildman–Crippen LogP) is 9.78. The normalized spacial score (nSPS) is 16.9. The summed E-state index contributed by atoms with van der Waals surface area (Å²) >= 11 is 1.58. The number of nitrogens with one attached hydrogen (secondary N) is 2. The molecule has 67 heavy (non-hydrogen) atoms. The van der Waals surface area contributed by atoms with Crippen LogP contribution < -0.4 is 15.4 Å². The minimum absolute atomic E-state index is 0.0357. The van der Waals surface area contributed by atoms with E-state index in [1.807, 2.05) is 87.8 Å². The fourth-order valence-electron chi connectivity index (χ4n) is 9.49. The molecule has 7 rings (SSSR count). The number of aliphatic hydroxyl groups excluding tert-OH is 1. The van der Waals surface area contributed by atoms with Crippen LogP contribution in [0.5, 0.6) is 5.75 Å². The number of unbranched alkanes of at least 4 members (excludes halogenated alkanes) is 7. The Balaban J connectivity index is 0.785. The van der Waals surface area contributed by atoms with E-state index < -0.39 is 29.6 Å². The molecule has 2 aromatic heterocycles. The van der Waals surface area contributed by atoms with Gasteiger partial charge in [-0.3, -0.25) is 14.4 Å². The number of thiazole rings is 1. The van der Waals surface area contributed by atoms with Gasteiger partial charge in [-0.05, 0) is 84.9 Å². The third kappa shape index (κ3) is 12.8. The van der Waals surface area contributed by atoms with Crippen LogP contribution in [0.2, 0.25) is 0 Å². The number of aromatic nitrogens is 3. The summed E-state index contributed by atoms with van der Waals surface area (Å²) in [4.78, 5) is 68.6. The Morgan fingerprint density at radius 1 is 0.866 bits per heavy atom. The summed E-state index contributed by atoms with van der Waals surface area (Å²) in [5.41, 5.74) is 7.90. The molecule has 0 bridgehead atoms. The molecule has 4 N–H and O–H groups in total. The maximum absolute atomic E-state index is 14.0. The van der Waals surface area contributed by atoms with E-state index in [1.165, 1.54) is 4.90 Å². The third-order valence-corrected chi connectivity index (χ3v) is 14.2. The lowest BCUT2D eigenvalue weighted by molar-refractivity contribution is -0.144. The van der Waals surface area contributed by atoms with Gasteiger partial charge in [-0.2, -0.15) is 0 Å². The highest BCUT2D eigenvalue weighted by Crippen LogP contribution is 2.39. The number of amides is 3. The van der Waals surface area contributed by atoms with Gasteiger partial charge in [-0.1, -0.05) is 102 Å². The molecule has 0 spiro atoms. The number of β-amino-alcohol motifs (C(OH)–C–C–N with tert-alkyl or cyclic N) is 1. The van der Waals surface area contributed by atoms with Crippen LogP contribution in [0.1, 0.15) is 144 Å². The summed E-state index contributed by atoms with van der Waals surface area (Å²) in [6, 6.07) is 17.7. The third-order valence-electron chi connectivity index (χ3n) is 13.2. The molecule has 2 fully saturated rings. The Hall–Kier alpha value is -5.73. The van der Waals surface area contributed by atoms with Crippen molar-refractivity contribution in [3.05, 3.63) is 94.9 Å². The van der Waals surface area contributed by atoms with Crippen molar-refractivity contribution in [1.82, 2.24) is 30.5 Å². The molecule has 3 heterocycles. The van der Waals surface area contributed by atoms with E-state index in [0.717, 1.165) is 132 Å². The Bertz CT molecular complexity index is 2500. The van der Waals surface area contributed by atoms with Crippen molar-refractivity contribution >= 4 is 45.9 Å². The summed E-state index contributed by atoms with van der Waals surface area (Å²) in [7, 11) is 0. The van der Waals surface area contributed by atoms with E-state index in [1.54, 1.807) is 23.7 Å². The number of hydrogen-bond donors (Lipinski definition) is 4. The van der Waals surface area contributed by atoms with Crippen molar-refractivity contribution in [2.45, 2.75) is 148 Å². The zero-order valence-electron chi connectivity index (χ0n) is 39.4. The number of likely N-dealkylation sites (tertiary alicyclic amines) is 1. The Labute approximate surface area is 398 Å². The monoisotopic (exact) mass is 930 g/mol. The van der Waals surface area contributed by atoms with E-state index in [4.69, 9.17) is 4.74 Å². The highest BCUT2D eigenvalue weighted by atomic mass is 32.1. The molecule has 3 unspecified atom stereocenters. The number of nitrogens with zero attached hydrogens (tertiary/aromatic N) is 4. The van der Waals surface area contributed by atoms with Crippen molar-refractivity contribution in [1.29, 1.82) is 0 Å². The van der Waals surface area contributed by atoms with Crippen molar-refractivity contribution < 1.29 is 34.1 Å². The number of rotatable bonds is 21. The molecule has 1 saturated carbocycles. The first kappa shape index (κ1) is 49.2. The molecule has 3 atom stereocenters. The second-order valence-corrected chi connectivity index (χ2v) is 20.2. The van der Waals surface area contributed by atoms with Crippen LogP contribution in [-0.2, 0) is 20.9 Å².